The van der Waals surface area contributed by atoms with Crippen LogP contribution in [-0.2, 0) is 14.8 Å². The average molecular weight is 370 g/mol. The molecule has 0 bridgehead atoms. The van der Waals surface area contributed by atoms with Gasteiger partial charge in [-0.3, -0.25) is 9.78 Å². The number of Topliss-reactive ketones (excluding diaryl/α,β-unsaturated/α-hetero) is 1. The fourth-order valence-electron chi connectivity index (χ4n) is 3.51. The van der Waals surface area contributed by atoms with E-state index in [1.54, 1.807) is 38.3 Å². The lowest BCUT2D eigenvalue weighted by Crippen LogP contribution is -2.51. The number of rotatable bonds is 3. The number of carbonyl (C=O) groups is 1. The summed E-state index contributed by atoms with van der Waals surface area (Å²) >= 11 is 0. The SMILES string of the molecule is CC1(C)C(=O)C(=Cc2ccccn2)CN(S(C)(=O)=O)C1c1ccccc1. The summed E-state index contributed by atoms with van der Waals surface area (Å²) in [4.78, 5) is 17.4. The Labute approximate surface area is 154 Å². The molecule has 0 aliphatic carbocycles. The highest BCUT2D eigenvalue weighted by Gasteiger charge is 2.49. The zero-order chi connectivity index (χ0) is 18.9. The highest BCUT2D eigenvalue weighted by molar-refractivity contribution is 7.88. The van der Waals surface area contributed by atoms with Crippen molar-refractivity contribution in [2.45, 2.75) is 19.9 Å². The van der Waals surface area contributed by atoms with Gasteiger partial charge in [0.05, 0.1) is 18.0 Å². The van der Waals surface area contributed by atoms with Crippen molar-refractivity contribution in [1.82, 2.24) is 9.29 Å². The predicted molar refractivity (Wildman–Crippen MR) is 102 cm³/mol. The Morgan fingerprint density at radius 3 is 2.35 bits per heavy atom. The number of nitrogens with zero attached hydrogens (tertiary/aromatic N) is 2. The first-order valence-electron chi connectivity index (χ1n) is 8.39. The second-order valence-electron chi connectivity index (χ2n) is 7.10. The molecule has 0 amide bonds. The summed E-state index contributed by atoms with van der Waals surface area (Å²) < 4.78 is 26.5. The Bertz CT molecular complexity index is 936. The smallest absolute Gasteiger partial charge is 0.212 e. The van der Waals surface area contributed by atoms with E-state index in [0.717, 1.165) is 5.56 Å². The molecule has 0 saturated carbocycles. The lowest BCUT2D eigenvalue weighted by molar-refractivity contribution is -0.128. The van der Waals surface area contributed by atoms with Gasteiger partial charge in [-0.15, -0.1) is 0 Å². The minimum atomic E-state index is -3.52. The molecular formula is C20H22N2O3S. The van der Waals surface area contributed by atoms with E-state index >= 15 is 0 Å². The molecule has 1 atom stereocenters. The van der Waals surface area contributed by atoms with E-state index in [2.05, 4.69) is 4.98 Å². The molecule has 1 saturated heterocycles. The van der Waals surface area contributed by atoms with E-state index in [1.807, 2.05) is 36.4 Å². The largest absolute Gasteiger partial charge is 0.294 e. The zero-order valence-corrected chi connectivity index (χ0v) is 15.9. The van der Waals surface area contributed by atoms with Crippen LogP contribution in [0.5, 0.6) is 0 Å². The molecule has 1 aromatic heterocycles. The van der Waals surface area contributed by atoms with Crippen LogP contribution in [0.1, 0.15) is 31.1 Å². The van der Waals surface area contributed by atoms with Crippen molar-refractivity contribution < 1.29 is 13.2 Å². The third kappa shape index (κ3) is 3.48. The molecule has 1 aliphatic heterocycles. The lowest BCUT2D eigenvalue weighted by Gasteiger charge is -2.45. The maximum Gasteiger partial charge on any atom is 0.212 e. The van der Waals surface area contributed by atoms with Crippen LogP contribution in [0.3, 0.4) is 0 Å². The van der Waals surface area contributed by atoms with Crippen molar-refractivity contribution in [1.29, 1.82) is 0 Å². The molecule has 1 aliphatic rings. The number of hydrogen-bond donors (Lipinski definition) is 0. The molecule has 0 spiro atoms. The zero-order valence-electron chi connectivity index (χ0n) is 15.1. The van der Waals surface area contributed by atoms with E-state index in [9.17, 15) is 13.2 Å². The molecule has 0 radical (unpaired) electrons. The van der Waals surface area contributed by atoms with Gasteiger partial charge in [0.25, 0.3) is 0 Å². The van der Waals surface area contributed by atoms with Gasteiger partial charge in [0, 0.05) is 23.7 Å². The highest BCUT2D eigenvalue weighted by Crippen LogP contribution is 2.46. The van der Waals surface area contributed by atoms with Crippen molar-refractivity contribution >= 4 is 21.9 Å². The Balaban J connectivity index is 2.12. The number of carbonyl (C=O) groups excluding carboxylic acids is 1. The minimum Gasteiger partial charge on any atom is -0.294 e. The number of ketones is 1. The molecule has 2 aromatic rings. The van der Waals surface area contributed by atoms with E-state index in [1.165, 1.54) is 10.6 Å². The maximum atomic E-state index is 13.2. The van der Waals surface area contributed by atoms with Gasteiger partial charge in [0.15, 0.2) is 5.78 Å². The van der Waals surface area contributed by atoms with Gasteiger partial charge in [-0.2, -0.15) is 4.31 Å². The molecule has 5 nitrogen and oxygen atoms in total. The Morgan fingerprint density at radius 1 is 1.12 bits per heavy atom. The van der Waals surface area contributed by atoms with Crippen molar-refractivity contribution in [2.75, 3.05) is 12.8 Å². The second kappa shape index (κ2) is 6.78. The summed E-state index contributed by atoms with van der Waals surface area (Å²) in [5.74, 6) is -0.0584. The summed E-state index contributed by atoms with van der Waals surface area (Å²) in [6, 6.07) is 14.2. The van der Waals surface area contributed by atoms with Crippen LogP contribution in [0, 0.1) is 5.41 Å². The second-order valence-corrected chi connectivity index (χ2v) is 9.03. The third-order valence-corrected chi connectivity index (χ3v) is 5.92. The summed E-state index contributed by atoms with van der Waals surface area (Å²) in [6.07, 6.45) is 4.52. The Morgan fingerprint density at radius 2 is 1.77 bits per heavy atom. The molecule has 0 N–H and O–H groups in total. The molecule has 3 rings (SSSR count). The molecular weight excluding hydrogens is 348 g/mol. The van der Waals surface area contributed by atoms with Gasteiger partial charge in [-0.1, -0.05) is 50.2 Å². The molecule has 1 unspecified atom stereocenters. The fourth-order valence-corrected chi connectivity index (χ4v) is 4.65. The van der Waals surface area contributed by atoms with Crippen LogP contribution >= 0.6 is 0 Å². The van der Waals surface area contributed by atoms with Crippen LogP contribution in [0.25, 0.3) is 6.08 Å². The van der Waals surface area contributed by atoms with Gasteiger partial charge in [0.1, 0.15) is 0 Å². The van der Waals surface area contributed by atoms with Crippen LogP contribution in [-0.4, -0.2) is 36.3 Å². The quantitative estimate of drug-likeness (QED) is 0.779. The maximum absolute atomic E-state index is 13.2. The molecule has 2 heterocycles. The first kappa shape index (κ1) is 18.5. The number of pyridine rings is 1. The highest BCUT2D eigenvalue weighted by atomic mass is 32.2. The standard InChI is InChI=1S/C20H22N2O3S/c1-20(2)18(15-9-5-4-6-10-15)22(26(3,24)25)14-16(19(20)23)13-17-11-7-8-12-21-17/h4-13,18H,14H2,1-3H3. The van der Waals surface area contributed by atoms with E-state index in [-0.39, 0.29) is 12.3 Å². The van der Waals surface area contributed by atoms with Gasteiger partial charge in [-0.05, 0) is 23.8 Å². The number of sulfonamides is 1. The van der Waals surface area contributed by atoms with Crippen molar-refractivity contribution in [2.24, 2.45) is 5.41 Å². The number of piperidine rings is 1. The normalized spacial score (nSPS) is 22.5. The van der Waals surface area contributed by atoms with Gasteiger partial charge in [0.2, 0.25) is 10.0 Å². The van der Waals surface area contributed by atoms with Crippen molar-refractivity contribution in [3.05, 3.63) is 71.6 Å². The molecule has 1 fully saturated rings. The van der Waals surface area contributed by atoms with Crippen molar-refractivity contribution in [3.8, 4) is 0 Å². The monoisotopic (exact) mass is 370 g/mol. The van der Waals surface area contributed by atoms with Crippen molar-refractivity contribution in [3.63, 3.8) is 0 Å². The number of hydrogen-bond acceptors (Lipinski definition) is 4. The Hall–Kier alpha value is -2.31. The first-order valence-corrected chi connectivity index (χ1v) is 10.2. The van der Waals surface area contributed by atoms with E-state index < -0.39 is 21.5 Å². The third-order valence-electron chi connectivity index (χ3n) is 4.73. The van der Waals surface area contributed by atoms with E-state index in [0.29, 0.717) is 11.3 Å². The fraction of sp³-hybridized carbons (Fsp3) is 0.300. The van der Waals surface area contributed by atoms with Gasteiger partial charge >= 0.3 is 0 Å². The summed E-state index contributed by atoms with van der Waals surface area (Å²) in [5, 5.41) is 0. The summed E-state index contributed by atoms with van der Waals surface area (Å²) in [7, 11) is -3.52. The molecule has 26 heavy (non-hydrogen) atoms. The molecule has 6 heteroatoms. The minimum absolute atomic E-state index is 0.0389. The molecule has 1 aromatic carbocycles. The first-order chi connectivity index (χ1) is 12.2. The lowest BCUT2D eigenvalue weighted by atomic mass is 9.72. The van der Waals surface area contributed by atoms with Crippen LogP contribution < -0.4 is 0 Å². The van der Waals surface area contributed by atoms with Gasteiger partial charge in [-0.25, -0.2) is 8.42 Å². The van der Waals surface area contributed by atoms with Crippen LogP contribution in [0.15, 0.2) is 60.3 Å². The molecule has 136 valence electrons. The average Bonchev–Trinajstić information content (AvgIpc) is 2.59. The summed E-state index contributed by atoms with van der Waals surface area (Å²) in [5.41, 5.74) is 1.00. The van der Waals surface area contributed by atoms with Crippen LogP contribution in [0.2, 0.25) is 0 Å². The topological polar surface area (TPSA) is 67.3 Å². The Kier molecular flexibility index (Phi) is 4.82. The van der Waals surface area contributed by atoms with Crippen LogP contribution in [0.4, 0.5) is 0 Å². The number of aromatic nitrogens is 1. The predicted octanol–water partition coefficient (Wildman–Crippen LogP) is 3.08. The number of benzene rings is 1. The summed E-state index contributed by atoms with van der Waals surface area (Å²) in [6.45, 7) is 3.64. The van der Waals surface area contributed by atoms with Gasteiger partial charge < -0.3 is 0 Å². The van der Waals surface area contributed by atoms with E-state index in [4.69, 9.17) is 0 Å².